The van der Waals surface area contributed by atoms with Crippen LogP contribution >= 0.6 is 0 Å². The van der Waals surface area contributed by atoms with E-state index in [2.05, 4.69) is 15.6 Å². The minimum absolute atomic E-state index is 0.0953. The van der Waals surface area contributed by atoms with Crippen molar-refractivity contribution in [3.05, 3.63) is 54.2 Å². The number of nitrogens with one attached hydrogen (secondary N) is 2. The van der Waals surface area contributed by atoms with Crippen molar-refractivity contribution in [3.8, 4) is 5.75 Å². The van der Waals surface area contributed by atoms with Crippen LogP contribution in [0.4, 0.5) is 17.1 Å². The number of benzene rings is 2. The molecule has 0 saturated heterocycles. The lowest BCUT2D eigenvalue weighted by atomic mass is 10.1. The molecule has 5 nitrogen and oxygen atoms in total. The van der Waals surface area contributed by atoms with E-state index in [1.54, 1.807) is 7.11 Å². The molecule has 0 aliphatic heterocycles. The van der Waals surface area contributed by atoms with Gasteiger partial charge in [-0.25, -0.2) is 0 Å². The van der Waals surface area contributed by atoms with Crippen LogP contribution in [0.2, 0.25) is 0 Å². The Morgan fingerprint density at radius 1 is 1.08 bits per heavy atom. The number of hydrogen-bond donors (Lipinski definition) is 2. The Labute approximate surface area is 140 Å². The van der Waals surface area contributed by atoms with Crippen molar-refractivity contribution in [2.75, 3.05) is 17.7 Å². The van der Waals surface area contributed by atoms with Crippen molar-refractivity contribution in [3.63, 3.8) is 0 Å². The molecule has 1 heterocycles. The summed E-state index contributed by atoms with van der Waals surface area (Å²) < 4.78 is 5.32. The zero-order valence-corrected chi connectivity index (χ0v) is 13.9. The van der Waals surface area contributed by atoms with Gasteiger partial charge in [0.15, 0.2) is 0 Å². The number of nitrogens with zero attached hydrogens (tertiary/aromatic N) is 1. The number of hydrogen-bond acceptors (Lipinski definition) is 4. The standard InChI is InChI=1S/C19H19N3O2/c1-12-9-19(17-11-16(24-3)7-8-18(17)20-12)22-15-6-4-5-14(10-15)21-13(2)23/h4-11H,1-3H3,(H,20,22)(H,21,23). The van der Waals surface area contributed by atoms with Crippen LogP contribution in [0.15, 0.2) is 48.5 Å². The highest BCUT2D eigenvalue weighted by atomic mass is 16.5. The SMILES string of the molecule is COc1ccc2nc(C)cc(Nc3cccc(NC(C)=O)c3)c2c1. The average Bonchev–Trinajstić information content (AvgIpc) is 2.54. The van der Waals surface area contributed by atoms with Crippen LogP contribution in [0.1, 0.15) is 12.6 Å². The monoisotopic (exact) mass is 321 g/mol. The van der Waals surface area contributed by atoms with Crippen LogP contribution in [0.5, 0.6) is 5.75 Å². The van der Waals surface area contributed by atoms with Crippen LogP contribution < -0.4 is 15.4 Å². The van der Waals surface area contributed by atoms with Gasteiger partial charge in [-0.3, -0.25) is 9.78 Å². The van der Waals surface area contributed by atoms with Crippen molar-refractivity contribution in [1.82, 2.24) is 4.98 Å². The Bertz CT molecular complexity index is 906. The van der Waals surface area contributed by atoms with Gasteiger partial charge >= 0.3 is 0 Å². The van der Waals surface area contributed by atoms with E-state index in [0.29, 0.717) is 0 Å². The number of fused-ring (bicyclic) bond motifs is 1. The lowest BCUT2D eigenvalue weighted by Gasteiger charge is -2.13. The molecule has 0 spiro atoms. The molecule has 0 fully saturated rings. The molecule has 2 N–H and O–H groups in total. The van der Waals surface area contributed by atoms with E-state index in [-0.39, 0.29) is 5.91 Å². The first-order chi connectivity index (χ1) is 11.5. The maximum Gasteiger partial charge on any atom is 0.221 e. The fraction of sp³-hybridized carbons (Fsp3) is 0.158. The topological polar surface area (TPSA) is 63.2 Å². The van der Waals surface area contributed by atoms with Gasteiger partial charge in [0.1, 0.15) is 5.75 Å². The van der Waals surface area contributed by atoms with Crippen LogP contribution in [-0.2, 0) is 4.79 Å². The minimum Gasteiger partial charge on any atom is -0.497 e. The van der Waals surface area contributed by atoms with Gasteiger partial charge in [0.25, 0.3) is 0 Å². The number of anilines is 3. The summed E-state index contributed by atoms with van der Waals surface area (Å²) in [5, 5.41) is 7.17. The Morgan fingerprint density at radius 3 is 2.62 bits per heavy atom. The highest BCUT2D eigenvalue weighted by Gasteiger charge is 2.07. The van der Waals surface area contributed by atoms with Crippen molar-refractivity contribution in [1.29, 1.82) is 0 Å². The van der Waals surface area contributed by atoms with Gasteiger partial charge in [-0.15, -0.1) is 0 Å². The third-order valence-corrected chi connectivity index (χ3v) is 3.61. The van der Waals surface area contributed by atoms with E-state index >= 15 is 0 Å². The number of carbonyl (C=O) groups excluding carboxylic acids is 1. The molecule has 0 aliphatic carbocycles. The first kappa shape index (κ1) is 15.8. The summed E-state index contributed by atoms with van der Waals surface area (Å²) in [5.41, 5.74) is 4.40. The zero-order valence-electron chi connectivity index (χ0n) is 13.9. The van der Waals surface area contributed by atoms with Crippen molar-refractivity contribution in [2.45, 2.75) is 13.8 Å². The lowest BCUT2D eigenvalue weighted by Crippen LogP contribution is -2.05. The minimum atomic E-state index is -0.0953. The molecule has 2 aromatic carbocycles. The molecule has 3 rings (SSSR count). The van der Waals surface area contributed by atoms with Gasteiger partial charge in [0.2, 0.25) is 5.91 Å². The molecule has 0 saturated carbocycles. The molecule has 0 unspecified atom stereocenters. The van der Waals surface area contributed by atoms with E-state index in [1.807, 2.05) is 55.5 Å². The number of amides is 1. The maximum atomic E-state index is 11.2. The fourth-order valence-corrected chi connectivity index (χ4v) is 2.60. The van der Waals surface area contributed by atoms with Gasteiger partial charge in [-0.05, 0) is 49.4 Å². The number of carbonyl (C=O) groups is 1. The third kappa shape index (κ3) is 3.46. The molecule has 1 amide bonds. The van der Waals surface area contributed by atoms with E-state index in [4.69, 9.17) is 4.74 Å². The number of methoxy groups -OCH3 is 1. The predicted molar refractivity (Wildman–Crippen MR) is 97.1 cm³/mol. The Balaban J connectivity index is 2.01. The van der Waals surface area contributed by atoms with E-state index < -0.39 is 0 Å². The number of pyridine rings is 1. The summed E-state index contributed by atoms with van der Waals surface area (Å²) in [5.74, 6) is 0.685. The Morgan fingerprint density at radius 2 is 1.88 bits per heavy atom. The first-order valence-corrected chi connectivity index (χ1v) is 7.65. The van der Waals surface area contributed by atoms with Gasteiger partial charge in [-0.1, -0.05) is 6.07 Å². The van der Waals surface area contributed by atoms with Crippen LogP contribution in [0, 0.1) is 6.92 Å². The number of ether oxygens (including phenoxy) is 1. The zero-order chi connectivity index (χ0) is 17.1. The summed E-state index contributed by atoms with van der Waals surface area (Å²) in [6, 6.07) is 15.4. The predicted octanol–water partition coefficient (Wildman–Crippen LogP) is 4.25. The normalized spacial score (nSPS) is 10.5. The summed E-state index contributed by atoms with van der Waals surface area (Å²) in [6.45, 7) is 3.45. The largest absolute Gasteiger partial charge is 0.497 e. The maximum absolute atomic E-state index is 11.2. The third-order valence-electron chi connectivity index (χ3n) is 3.61. The molecule has 0 atom stereocenters. The van der Waals surface area contributed by atoms with Crippen molar-refractivity contribution in [2.24, 2.45) is 0 Å². The molecule has 3 aromatic rings. The molecule has 5 heteroatoms. The number of rotatable bonds is 4. The van der Waals surface area contributed by atoms with Crippen LogP contribution in [0.25, 0.3) is 10.9 Å². The molecule has 0 radical (unpaired) electrons. The summed E-state index contributed by atoms with van der Waals surface area (Å²) in [6.07, 6.45) is 0. The lowest BCUT2D eigenvalue weighted by molar-refractivity contribution is -0.114. The molecule has 122 valence electrons. The highest BCUT2D eigenvalue weighted by molar-refractivity contribution is 5.95. The highest BCUT2D eigenvalue weighted by Crippen LogP contribution is 2.30. The second-order valence-electron chi connectivity index (χ2n) is 5.58. The summed E-state index contributed by atoms with van der Waals surface area (Å²) in [7, 11) is 1.65. The van der Waals surface area contributed by atoms with Crippen molar-refractivity contribution >= 4 is 33.9 Å². The summed E-state index contributed by atoms with van der Waals surface area (Å²) >= 11 is 0. The fourth-order valence-electron chi connectivity index (χ4n) is 2.60. The van der Waals surface area contributed by atoms with Gasteiger partial charge in [-0.2, -0.15) is 0 Å². The van der Waals surface area contributed by atoms with Gasteiger partial charge < -0.3 is 15.4 Å². The molecule has 1 aromatic heterocycles. The van der Waals surface area contributed by atoms with Gasteiger partial charge in [0.05, 0.1) is 12.6 Å². The van der Waals surface area contributed by atoms with Crippen LogP contribution in [-0.4, -0.2) is 18.0 Å². The molecular formula is C19H19N3O2. The van der Waals surface area contributed by atoms with E-state index in [0.717, 1.165) is 39.4 Å². The molecule has 24 heavy (non-hydrogen) atoms. The van der Waals surface area contributed by atoms with Gasteiger partial charge in [0, 0.05) is 35.1 Å². The summed E-state index contributed by atoms with van der Waals surface area (Å²) in [4.78, 5) is 15.8. The molecule has 0 aliphatic rings. The smallest absolute Gasteiger partial charge is 0.221 e. The second-order valence-corrected chi connectivity index (χ2v) is 5.58. The Hall–Kier alpha value is -3.08. The first-order valence-electron chi connectivity index (χ1n) is 7.65. The molecule has 0 bridgehead atoms. The van der Waals surface area contributed by atoms with Crippen molar-refractivity contribution < 1.29 is 9.53 Å². The quantitative estimate of drug-likeness (QED) is 0.754. The van der Waals surface area contributed by atoms with E-state index in [1.165, 1.54) is 6.92 Å². The number of aryl methyl sites for hydroxylation is 1. The second kappa shape index (κ2) is 6.58. The number of aromatic nitrogens is 1. The van der Waals surface area contributed by atoms with Crippen LogP contribution in [0.3, 0.4) is 0 Å². The molecular weight excluding hydrogens is 302 g/mol. The average molecular weight is 321 g/mol. The Kier molecular flexibility index (Phi) is 4.33. The van der Waals surface area contributed by atoms with E-state index in [9.17, 15) is 4.79 Å².